The van der Waals surface area contributed by atoms with E-state index in [0.29, 0.717) is 5.75 Å². The smallest absolute Gasteiger partial charge is 0.0988 e. The first kappa shape index (κ1) is 11.1. The van der Waals surface area contributed by atoms with Crippen LogP contribution in [0.4, 0.5) is 4.39 Å². The second-order valence-electron chi connectivity index (χ2n) is 2.96. The first-order valence-corrected chi connectivity index (χ1v) is 5.45. The fraction of sp³-hybridized carbons (Fsp3) is 0.364. The molecule has 0 aliphatic rings. The molecule has 0 aromatic heterocycles. The van der Waals surface area contributed by atoms with Crippen LogP contribution in [-0.4, -0.2) is 12.4 Å². The summed E-state index contributed by atoms with van der Waals surface area (Å²) in [4.78, 5) is 1.05. The quantitative estimate of drug-likeness (QED) is 0.710. The molecule has 1 nitrogen and oxygen atoms in total. The SMILES string of the molecule is CC(C#N)c1ccc(SCCF)cc1. The fourth-order valence-corrected chi connectivity index (χ4v) is 1.73. The molecule has 0 radical (unpaired) electrons. The lowest BCUT2D eigenvalue weighted by Gasteiger charge is -2.03. The Morgan fingerprint density at radius 1 is 1.43 bits per heavy atom. The van der Waals surface area contributed by atoms with Gasteiger partial charge in [0.2, 0.25) is 0 Å². The number of halogens is 1. The van der Waals surface area contributed by atoms with Crippen molar-refractivity contribution in [3.05, 3.63) is 29.8 Å². The number of hydrogen-bond donors (Lipinski definition) is 0. The van der Waals surface area contributed by atoms with E-state index in [-0.39, 0.29) is 12.6 Å². The topological polar surface area (TPSA) is 23.8 Å². The highest BCUT2D eigenvalue weighted by molar-refractivity contribution is 7.99. The van der Waals surface area contributed by atoms with Crippen LogP contribution in [0.2, 0.25) is 0 Å². The van der Waals surface area contributed by atoms with Gasteiger partial charge < -0.3 is 0 Å². The van der Waals surface area contributed by atoms with E-state index in [4.69, 9.17) is 5.26 Å². The molecule has 14 heavy (non-hydrogen) atoms. The molecule has 74 valence electrons. The Labute approximate surface area is 87.9 Å². The maximum absolute atomic E-state index is 11.9. The summed E-state index contributed by atoms with van der Waals surface area (Å²) >= 11 is 1.49. The third-order valence-corrected chi connectivity index (χ3v) is 2.88. The Bertz CT molecular complexity index is 315. The van der Waals surface area contributed by atoms with Gasteiger partial charge in [-0.2, -0.15) is 5.26 Å². The van der Waals surface area contributed by atoms with Crippen LogP contribution in [0.5, 0.6) is 0 Å². The van der Waals surface area contributed by atoms with E-state index in [9.17, 15) is 4.39 Å². The number of thioether (sulfide) groups is 1. The van der Waals surface area contributed by atoms with Crippen LogP contribution in [0.25, 0.3) is 0 Å². The second kappa shape index (κ2) is 5.66. The van der Waals surface area contributed by atoms with Crippen LogP contribution in [-0.2, 0) is 0 Å². The Hall–Kier alpha value is -1.01. The average molecular weight is 209 g/mol. The van der Waals surface area contributed by atoms with Crippen LogP contribution in [0, 0.1) is 11.3 Å². The summed E-state index contributed by atoms with van der Waals surface area (Å²) in [6.45, 7) is 1.56. The molecule has 0 spiro atoms. The van der Waals surface area contributed by atoms with Gasteiger partial charge in [0.1, 0.15) is 0 Å². The van der Waals surface area contributed by atoms with Crippen molar-refractivity contribution >= 4 is 11.8 Å². The molecule has 0 amide bonds. The van der Waals surface area contributed by atoms with E-state index in [1.807, 2.05) is 31.2 Å². The van der Waals surface area contributed by atoms with Gasteiger partial charge in [-0.3, -0.25) is 4.39 Å². The van der Waals surface area contributed by atoms with E-state index < -0.39 is 0 Å². The number of hydrogen-bond acceptors (Lipinski definition) is 2. The molecule has 3 heteroatoms. The first-order chi connectivity index (χ1) is 6.77. The standard InChI is InChI=1S/C11H12FNS/c1-9(8-13)10-2-4-11(5-3-10)14-7-6-12/h2-5,9H,6-7H2,1H3. The van der Waals surface area contributed by atoms with Crippen molar-refractivity contribution in [2.24, 2.45) is 0 Å². The molecule has 0 aliphatic carbocycles. The molecule has 1 atom stereocenters. The van der Waals surface area contributed by atoms with Crippen molar-refractivity contribution in [2.45, 2.75) is 17.7 Å². The molecule has 1 unspecified atom stereocenters. The molecule has 1 aromatic rings. The summed E-state index contributed by atoms with van der Waals surface area (Å²) in [5, 5.41) is 8.69. The molecule has 0 bridgehead atoms. The van der Waals surface area contributed by atoms with E-state index in [1.54, 1.807) is 0 Å². The number of rotatable bonds is 4. The normalized spacial score (nSPS) is 12.1. The highest BCUT2D eigenvalue weighted by Crippen LogP contribution is 2.21. The second-order valence-corrected chi connectivity index (χ2v) is 4.13. The lowest BCUT2D eigenvalue weighted by atomic mass is 10.0. The average Bonchev–Trinajstić information content (AvgIpc) is 2.26. The minimum Gasteiger partial charge on any atom is -0.250 e. The largest absolute Gasteiger partial charge is 0.250 e. The van der Waals surface area contributed by atoms with E-state index in [1.165, 1.54) is 11.8 Å². The zero-order valence-electron chi connectivity index (χ0n) is 8.03. The van der Waals surface area contributed by atoms with Gasteiger partial charge in [0.15, 0.2) is 0 Å². The Morgan fingerprint density at radius 3 is 2.57 bits per heavy atom. The number of nitrogens with zero attached hydrogens (tertiary/aromatic N) is 1. The van der Waals surface area contributed by atoms with Gasteiger partial charge >= 0.3 is 0 Å². The zero-order valence-corrected chi connectivity index (χ0v) is 8.85. The van der Waals surface area contributed by atoms with Gasteiger partial charge in [-0.05, 0) is 24.6 Å². The Balaban J connectivity index is 2.65. The molecule has 0 heterocycles. The summed E-state index contributed by atoms with van der Waals surface area (Å²) in [6.07, 6.45) is 0. The summed E-state index contributed by atoms with van der Waals surface area (Å²) in [7, 11) is 0. The maximum Gasteiger partial charge on any atom is 0.0988 e. The third-order valence-electron chi connectivity index (χ3n) is 1.92. The minimum atomic E-state index is -0.305. The Kier molecular flexibility index (Phi) is 4.48. The Morgan fingerprint density at radius 2 is 2.07 bits per heavy atom. The van der Waals surface area contributed by atoms with E-state index in [0.717, 1.165) is 10.5 Å². The molecule has 1 rings (SSSR count). The molecular formula is C11H12FNS. The van der Waals surface area contributed by atoms with Gasteiger partial charge in [0, 0.05) is 10.6 Å². The predicted octanol–water partition coefficient (Wildman–Crippen LogP) is 3.38. The van der Waals surface area contributed by atoms with Crippen LogP contribution in [0.1, 0.15) is 18.4 Å². The number of nitriles is 1. The summed E-state index contributed by atoms with van der Waals surface area (Å²) in [5.74, 6) is 0.419. The third kappa shape index (κ3) is 3.04. The fourth-order valence-electron chi connectivity index (χ4n) is 1.08. The first-order valence-electron chi connectivity index (χ1n) is 4.46. The van der Waals surface area contributed by atoms with Crippen LogP contribution in [0.15, 0.2) is 29.2 Å². The summed E-state index contributed by atoms with van der Waals surface area (Å²) in [5.41, 5.74) is 1.01. The van der Waals surface area contributed by atoms with Gasteiger partial charge in [-0.1, -0.05) is 12.1 Å². The summed E-state index contributed by atoms with van der Waals surface area (Å²) < 4.78 is 11.9. The van der Waals surface area contributed by atoms with Gasteiger partial charge in [0.05, 0.1) is 18.7 Å². The number of alkyl halides is 1. The van der Waals surface area contributed by atoms with Crippen molar-refractivity contribution in [3.63, 3.8) is 0 Å². The van der Waals surface area contributed by atoms with Crippen LogP contribution < -0.4 is 0 Å². The van der Waals surface area contributed by atoms with Gasteiger partial charge in [-0.25, -0.2) is 0 Å². The number of benzene rings is 1. The van der Waals surface area contributed by atoms with Crippen LogP contribution >= 0.6 is 11.8 Å². The highest BCUT2D eigenvalue weighted by Gasteiger charge is 2.02. The summed E-state index contributed by atoms with van der Waals surface area (Å²) in [6, 6.07) is 9.90. The molecule has 0 saturated heterocycles. The van der Waals surface area contributed by atoms with Crippen molar-refractivity contribution in [1.82, 2.24) is 0 Å². The van der Waals surface area contributed by atoms with Crippen molar-refractivity contribution in [2.75, 3.05) is 12.4 Å². The van der Waals surface area contributed by atoms with E-state index >= 15 is 0 Å². The minimum absolute atomic E-state index is 0.0739. The molecule has 0 N–H and O–H groups in total. The molecular weight excluding hydrogens is 197 g/mol. The lowest BCUT2D eigenvalue weighted by molar-refractivity contribution is 0.533. The zero-order chi connectivity index (χ0) is 10.4. The maximum atomic E-state index is 11.9. The highest BCUT2D eigenvalue weighted by atomic mass is 32.2. The van der Waals surface area contributed by atoms with Crippen molar-refractivity contribution < 1.29 is 4.39 Å². The molecule has 1 aromatic carbocycles. The van der Waals surface area contributed by atoms with Crippen molar-refractivity contribution in [3.8, 4) is 6.07 Å². The van der Waals surface area contributed by atoms with Gasteiger partial charge in [0.25, 0.3) is 0 Å². The molecule has 0 aliphatic heterocycles. The monoisotopic (exact) mass is 209 g/mol. The molecule has 0 fully saturated rings. The van der Waals surface area contributed by atoms with Gasteiger partial charge in [-0.15, -0.1) is 11.8 Å². The van der Waals surface area contributed by atoms with Crippen LogP contribution in [0.3, 0.4) is 0 Å². The van der Waals surface area contributed by atoms with E-state index in [2.05, 4.69) is 6.07 Å². The molecule has 0 saturated carbocycles. The lowest BCUT2D eigenvalue weighted by Crippen LogP contribution is -1.88. The van der Waals surface area contributed by atoms with Crippen molar-refractivity contribution in [1.29, 1.82) is 5.26 Å². The predicted molar refractivity (Wildman–Crippen MR) is 57.2 cm³/mol.